The van der Waals surface area contributed by atoms with E-state index in [0.29, 0.717) is 28.9 Å². The number of ether oxygens (including phenoxy) is 3. The molecule has 18 heavy (non-hydrogen) atoms. The minimum atomic E-state index is -0.450. The summed E-state index contributed by atoms with van der Waals surface area (Å²) in [6, 6.07) is 5.16. The minimum absolute atomic E-state index is 0.322. The second-order valence-corrected chi connectivity index (χ2v) is 3.76. The van der Waals surface area contributed by atoms with E-state index in [1.165, 1.54) is 13.2 Å². The fourth-order valence-corrected chi connectivity index (χ4v) is 1.52. The van der Waals surface area contributed by atoms with Crippen molar-refractivity contribution in [2.75, 3.05) is 13.7 Å². The number of hydrogen-bond donors (Lipinski definition) is 0. The summed E-state index contributed by atoms with van der Waals surface area (Å²) in [5.41, 5.74) is 0. The molecule has 5 heteroatoms. The molecule has 0 bridgehead atoms. The number of methoxy groups -OCH3 is 1. The van der Waals surface area contributed by atoms with Gasteiger partial charge in [0, 0.05) is 0 Å². The molecule has 0 amide bonds. The van der Waals surface area contributed by atoms with Crippen LogP contribution in [0, 0.1) is 0 Å². The summed E-state index contributed by atoms with van der Waals surface area (Å²) in [6.45, 7) is 3.70. The van der Waals surface area contributed by atoms with Crippen molar-refractivity contribution in [2.24, 2.45) is 0 Å². The van der Waals surface area contributed by atoms with Gasteiger partial charge < -0.3 is 14.2 Å². The SMILES string of the molecule is CCOC(=O)C=C(C)Oc1cccc(OC)c1Cl. The predicted octanol–water partition coefficient (Wildman–Crippen LogP) is 3.19. The fraction of sp³-hybridized carbons (Fsp3) is 0.308. The van der Waals surface area contributed by atoms with Gasteiger partial charge in [-0.05, 0) is 26.0 Å². The van der Waals surface area contributed by atoms with Crippen molar-refractivity contribution in [3.63, 3.8) is 0 Å². The molecule has 0 spiro atoms. The van der Waals surface area contributed by atoms with Gasteiger partial charge in [-0.3, -0.25) is 0 Å². The highest BCUT2D eigenvalue weighted by atomic mass is 35.5. The van der Waals surface area contributed by atoms with Crippen LogP contribution in [-0.4, -0.2) is 19.7 Å². The van der Waals surface area contributed by atoms with Crippen LogP contribution < -0.4 is 9.47 Å². The van der Waals surface area contributed by atoms with E-state index in [0.717, 1.165) is 0 Å². The summed E-state index contributed by atoms with van der Waals surface area (Å²) in [5.74, 6) is 0.879. The third kappa shape index (κ3) is 3.96. The minimum Gasteiger partial charge on any atom is -0.495 e. The van der Waals surface area contributed by atoms with Gasteiger partial charge in [0.2, 0.25) is 0 Å². The van der Waals surface area contributed by atoms with Crippen LogP contribution in [0.4, 0.5) is 0 Å². The summed E-state index contributed by atoms with van der Waals surface area (Å²) in [4.78, 5) is 11.2. The largest absolute Gasteiger partial charge is 0.495 e. The van der Waals surface area contributed by atoms with E-state index in [4.69, 9.17) is 25.8 Å². The molecule has 0 unspecified atom stereocenters. The van der Waals surface area contributed by atoms with Crippen LogP contribution in [0.25, 0.3) is 0 Å². The summed E-state index contributed by atoms with van der Waals surface area (Å²) in [6.07, 6.45) is 1.26. The lowest BCUT2D eigenvalue weighted by atomic mass is 10.3. The zero-order valence-electron chi connectivity index (χ0n) is 10.5. The molecule has 4 nitrogen and oxygen atoms in total. The molecular weight excluding hydrogens is 256 g/mol. The Hall–Kier alpha value is -1.68. The molecule has 0 saturated heterocycles. The van der Waals surface area contributed by atoms with E-state index < -0.39 is 5.97 Å². The van der Waals surface area contributed by atoms with E-state index in [1.54, 1.807) is 32.0 Å². The highest BCUT2D eigenvalue weighted by Gasteiger charge is 2.09. The van der Waals surface area contributed by atoms with Crippen molar-refractivity contribution in [3.8, 4) is 11.5 Å². The van der Waals surface area contributed by atoms with Gasteiger partial charge in [0.15, 0.2) is 0 Å². The molecule has 1 aromatic rings. The molecule has 0 saturated carbocycles. The van der Waals surface area contributed by atoms with Gasteiger partial charge in [-0.2, -0.15) is 0 Å². The van der Waals surface area contributed by atoms with Crippen molar-refractivity contribution in [3.05, 3.63) is 35.1 Å². The summed E-state index contributed by atoms with van der Waals surface area (Å²) in [5, 5.41) is 0.358. The van der Waals surface area contributed by atoms with Gasteiger partial charge >= 0.3 is 5.97 Å². The lowest BCUT2D eigenvalue weighted by molar-refractivity contribution is -0.137. The predicted molar refractivity (Wildman–Crippen MR) is 69.0 cm³/mol. The first-order valence-corrected chi connectivity index (χ1v) is 5.81. The molecule has 0 aliphatic heterocycles. The standard InChI is InChI=1S/C13H15ClO4/c1-4-17-12(15)8-9(2)18-11-7-5-6-10(16-3)13(11)14/h5-8H,4H2,1-3H3. The van der Waals surface area contributed by atoms with Crippen molar-refractivity contribution in [1.29, 1.82) is 0 Å². The molecule has 0 aliphatic carbocycles. The van der Waals surface area contributed by atoms with Gasteiger partial charge in [-0.1, -0.05) is 17.7 Å². The number of rotatable bonds is 5. The number of hydrogen-bond acceptors (Lipinski definition) is 4. The maximum absolute atomic E-state index is 11.2. The summed E-state index contributed by atoms with van der Waals surface area (Å²) in [7, 11) is 1.52. The Morgan fingerprint density at radius 1 is 1.39 bits per heavy atom. The maximum atomic E-state index is 11.2. The van der Waals surface area contributed by atoms with E-state index >= 15 is 0 Å². The first-order valence-electron chi connectivity index (χ1n) is 5.44. The molecular formula is C13H15ClO4. The van der Waals surface area contributed by atoms with Crippen LogP contribution in [0.1, 0.15) is 13.8 Å². The quantitative estimate of drug-likeness (QED) is 0.468. The third-order valence-electron chi connectivity index (χ3n) is 2.03. The van der Waals surface area contributed by atoms with Crippen LogP contribution in [0.3, 0.4) is 0 Å². The molecule has 1 rings (SSSR count). The Bertz CT molecular complexity index is 454. The summed E-state index contributed by atoms with van der Waals surface area (Å²) < 4.78 is 15.3. The second kappa shape index (κ2) is 6.91. The number of esters is 1. The van der Waals surface area contributed by atoms with Crippen LogP contribution in [0.5, 0.6) is 11.5 Å². The Kier molecular flexibility index (Phi) is 5.52. The van der Waals surface area contributed by atoms with Crippen LogP contribution in [0.2, 0.25) is 5.02 Å². The number of carbonyl (C=O) groups is 1. The Morgan fingerprint density at radius 2 is 2.06 bits per heavy atom. The third-order valence-corrected chi connectivity index (χ3v) is 2.40. The van der Waals surface area contributed by atoms with Crippen molar-refractivity contribution < 1.29 is 19.0 Å². The van der Waals surface area contributed by atoms with E-state index in [2.05, 4.69) is 0 Å². The highest BCUT2D eigenvalue weighted by Crippen LogP contribution is 2.34. The Morgan fingerprint density at radius 3 is 2.67 bits per heavy atom. The molecule has 0 N–H and O–H groups in total. The Balaban J connectivity index is 2.82. The van der Waals surface area contributed by atoms with Crippen molar-refractivity contribution in [1.82, 2.24) is 0 Å². The number of benzene rings is 1. The normalized spacial score (nSPS) is 11.0. The fourth-order valence-electron chi connectivity index (χ4n) is 1.28. The second-order valence-electron chi connectivity index (χ2n) is 3.38. The van der Waals surface area contributed by atoms with Gasteiger partial charge in [0.05, 0.1) is 19.8 Å². The molecule has 1 aromatic carbocycles. The first kappa shape index (κ1) is 14.4. The molecule has 98 valence electrons. The molecule has 0 atom stereocenters. The van der Waals surface area contributed by atoms with Gasteiger partial charge in [-0.15, -0.1) is 0 Å². The topological polar surface area (TPSA) is 44.8 Å². The highest BCUT2D eigenvalue weighted by molar-refractivity contribution is 6.33. The molecule has 0 heterocycles. The zero-order valence-corrected chi connectivity index (χ0v) is 11.3. The van der Waals surface area contributed by atoms with E-state index in [1.807, 2.05) is 0 Å². The van der Waals surface area contributed by atoms with Crippen molar-refractivity contribution >= 4 is 17.6 Å². The van der Waals surface area contributed by atoms with Crippen LogP contribution in [-0.2, 0) is 9.53 Å². The molecule has 0 radical (unpaired) electrons. The molecule has 0 fully saturated rings. The Labute approximate surface area is 111 Å². The van der Waals surface area contributed by atoms with Crippen LogP contribution in [0.15, 0.2) is 30.0 Å². The lowest BCUT2D eigenvalue weighted by Gasteiger charge is -2.10. The van der Waals surface area contributed by atoms with Gasteiger partial charge in [0.1, 0.15) is 22.3 Å². The summed E-state index contributed by atoms with van der Waals surface area (Å²) >= 11 is 6.06. The monoisotopic (exact) mass is 270 g/mol. The van der Waals surface area contributed by atoms with Gasteiger partial charge in [0.25, 0.3) is 0 Å². The maximum Gasteiger partial charge on any atom is 0.334 e. The number of carbonyl (C=O) groups excluding carboxylic acids is 1. The van der Waals surface area contributed by atoms with Crippen LogP contribution >= 0.6 is 11.6 Å². The number of allylic oxidation sites excluding steroid dienone is 1. The van der Waals surface area contributed by atoms with E-state index in [9.17, 15) is 4.79 Å². The van der Waals surface area contributed by atoms with Gasteiger partial charge in [-0.25, -0.2) is 4.79 Å². The number of halogens is 1. The first-order chi connectivity index (χ1) is 8.58. The lowest BCUT2D eigenvalue weighted by Crippen LogP contribution is -2.03. The molecule has 0 aromatic heterocycles. The zero-order chi connectivity index (χ0) is 13.5. The van der Waals surface area contributed by atoms with Crippen molar-refractivity contribution in [2.45, 2.75) is 13.8 Å². The van der Waals surface area contributed by atoms with E-state index in [-0.39, 0.29) is 0 Å². The molecule has 0 aliphatic rings. The average molecular weight is 271 g/mol. The average Bonchev–Trinajstić information content (AvgIpc) is 2.32. The smallest absolute Gasteiger partial charge is 0.334 e.